The van der Waals surface area contributed by atoms with Crippen molar-refractivity contribution in [3.63, 3.8) is 0 Å². The Kier molecular flexibility index (Phi) is 7.89. The summed E-state index contributed by atoms with van der Waals surface area (Å²) in [6.07, 6.45) is 0.736. The van der Waals surface area contributed by atoms with Crippen molar-refractivity contribution in [2.24, 2.45) is 0 Å². The molecule has 3 aromatic rings. The number of anilines is 2. The zero-order chi connectivity index (χ0) is 26.4. The van der Waals surface area contributed by atoms with Gasteiger partial charge in [-0.25, -0.2) is 9.78 Å². The van der Waals surface area contributed by atoms with Crippen LogP contribution in [0.3, 0.4) is 0 Å². The Bertz CT molecular complexity index is 1320. The average molecular weight is 523 g/mol. The van der Waals surface area contributed by atoms with E-state index in [2.05, 4.69) is 15.6 Å². The Balaban J connectivity index is 1.37. The molecule has 1 unspecified atom stereocenters. The van der Waals surface area contributed by atoms with Gasteiger partial charge in [-0.2, -0.15) is 0 Å². The van der Waals surface area contributed by atoms with Gasteiger partial charge in [0.1, 0.15) is 11.5 Å². The van der Waals surface area contributed by atoms with Crippen LogP contribution in [0.2, 0.25) is 0 Å². The number of pyridine rings is 1. The van der Waals surface area contributed by atoms with Crippen molar-refractivity contribution >= 4 is 46.3 Å². The molecule has 37 heavy (non-hydrogen) atoms. The normalized spacial score (nSPS) is 14.6. The number of carbonyl (C=O) groups excluding carboxylic acids is 3. The number of benzene rings is 2. The summed E-state index contributed by atoms with van der Waals surface area (Å²) >= 11 is 0.959. The van der Waals surface area contributed by atoms with Crippen molar-refractivity contribution in [2.45, 2.75) is 11.7 Å². The van der Waals surface area contributed by atoms with Crippen molar-refractivity contribution in [1.29, 1.82) is 0 Å². The van der Waals surface area contributed by atoms with Gasteiger partial charge in [0.25, 0.3) is 11.1 Å². The van der Waals surface area contributed by atoms with Gasteiger partial charge in [-0.15, -0.1) is 0 Å². The van der Waals surface area contributed by atoms with E-state index in [1.807, 2.05) is 0 Å². The maximum atomic E-state index is 12.5. The molecule has 2 aromatic carbocycles. The summed E-state index contributed by atoms with van der Waals surface area (Å²) in [5.41, 5.74) is 1.29. The van der Waals surface area contributed by atoms with E-state index in [1.54, 1.807) is 54.7 Å². The molecule has 0 spiro atoms. The average Bonchev–Trinajstić information content (AvgIpc) is 3.20. The van der Waals surface area contributed by atoms with Crippen molar-refractivity contribution in [1.82, 2.24) is 10.3 Å². The number of carboxylic acid groups (broad SMARTS) is 1. The van der Waals surface area contributed by atoms with Gasteiger partial charge in [-0.3, -0.25) is 24.6 Å². The second kappa shape index (κ2) is 11.4. The van der Waals surface area contributed by atoms with Gasteiger partial charge in [0, 0.05) is 25.4 Å². The quantitative estimate of drug-likeness (QED) is 0.381. The predicted molar refractivity (Wildman–Crippen MR) is 136 cm³/mol. The minimum atomic E-state index is -1.22. The molecule has 190 valence electrons. The SMILES string of the molecule is CN(C(=O)O)c1cc(Oc2ccccn2)ccc1NC(=O)COc1ccc(CC2SC(=O)NC2=O)cc1. The van der Waals surface area contributed by atoms with Crippen LogP contribution in [-0.2, 0) is 16.0 Å². The van der Waals surface area contributed by atoms with E-state index in [0.29, 0.717) is 23.8 Å². The Morgan fingerprint density at radius 2 is 1.86 bits per heavy atom. The molecule has 4 amide bonds. The number of nitrogens with zero attached hydrogens (tertiary/aromatic N) is 2. The van der Waals surface area contributed by atoms with Gasteiger partial charge in [0.2, 0.25) is 11.8 Å². The fraction of sp³-hybridized carbons (Fsp3) is 0.160. The molecule has 1 saturated heterocycles. The monoisotopic (exact) mass is 522 g/mol. The lowest BCUT2D eigenvalue weighted by Gasteiger charge is -2.19. The first kappa shape index (κ1) is 25.5. The highest BCUT2D eigenvalue weighted by molar-refractivity contribution is 8.15. The van der Waals surface area contributed by atoms with Crippen LogP contribution < -0.4 is 25.0 Å². The number of aromatic nitrogens is 1. The molecule has 1 aliphatic heterocycles. The van der Waals surface area contributed by atoms with Crippen LogP contribution in [0.15, 0.2) is 66.9 Å². The maximum Gasteiger partial charge on any atom is 0.411 e. The first-order chi connectivity index (χ1) is 17.8. The topological polar surface area (TPSA) is 147 Å². The number of hydrogen-bond acceptors (Lipinski definition) is 8. The molecular weight excluding hydrogens is 500 g/mol. The van der Waals surface area contributed by atoms with Crippen LogP contribution in [0.4, 0.5) is 21.0 Å². The Hall–Kier alpha value is -4.58. The van der Waals surface area contributed by atoms with E-state index in [4.69, 9.17) is 9.47 Å². The Labute approximate surface area is 215 Å². The third-order valence-corrected chi connectivity index (χ3v) is 6.21. The Morgan fingerprint density at radius 3 is 2.51 bits per heavy atom. The first-order valence-corrected chi connectivity index (χ1v) is 11.9. The highest BCUT2D eigenvalue weighted by Gasteiger charge is 2.31. The summed E-state index contributed by atoms with van der Waals surface area (Å²) in [6, 6.07) is 16.6. The molecule has 0 radical (unpaired) electrons. The van der Waals surface area contributed by atoms with Gasteiger partial charge < -0.3 is 19.9 Å². The molecule has 0 saturated carbocycles. The molecule has 1 aromatic heterocycles. The largest absolute Gasteiger partial charge is 0.484 e. The van der Waals surface area contributed by atoms with Crippen LogP contribution in [0, 0.1) is 0 Å². The molecular formula is C25H22N4O7S. The zero-order valence-corrected chi connectivity index (χ0v) is 20.4. The van der Waals surface area contributed by atoms with Crippen molar-refractivity contribution in [2.75, 3.05) is 23.9 Å². The summed E-state index contributed by atoms with van der Waals surface area (Å²) in [4.78, 5) is 52.2. The summed E-state index contributed by atoms with van der Waals surface area (Å²) in [6.45, 7) is -0.322. The second-order valence-electron chi connectivity index (χ2n) is 7.86. The van der Waals surface area contributed by atoms with E-state index in [0.717, 1.165) is 22.2 Å². The molecule has 12 heteroatoms. The number of carbonyl (C=O) groups is 4. The summed E-state index contributed by atoms with van der Waals surface area (Å²) in [5, 5.41) is 13.5. The molecule has 4 rings (SSSR count). The van der Waals surface area contributed by atoms with Gasteiger partial charge in [0.05, 0.1) is 16.6 Å². The van der Waals surface area contributed by atoms with E-state index in [-0.39, 0.29) is 29.1 Å². The van der Waals surface area contributed by atoms with Crippen LogP contribution >= 0.6 is 11.8 Å². The number of ether oxygens (including phenoxy) is 2. The van der Waals surface area contributed by atoms with Crippen LogP contribution in [-0.4, -0.2) is 52.1 Å². The third-order valence-electron chi connectivity index (χ3n) is 5.23. The number of nitrogens with one attached hydrogen (secondary N) is 2. The van der Waals surface area contributed by atoms with E-state index >= 15 is 0 Å². The van der Waals surface area contributed by atoms with Crippen molar-refractivity contribution in [3.05, 3.63) is 72.4 Å². The summed E-state index contributed by atoms with van der Waals surface area (Å²) in [7, 11) is 1.35. The number of thioether (sulfide) groups is 1. The van der Waals surface area contributed by atoms with Gasteiger partial charge in [-0.05, 0) is 42.3 Å². The number of hydrogen-bond donors (Lipinski definition) is 3. The van der Waals surface area contributed by atoms with E-state index in [9.17, 15) is 24.3 Å². The smallest absolute Gasteiger partial charge is 0.411 e. The molecule has 0 bridgehead atoms. The molecule has 1 aliphatic rings. The molecule has 3 N–H and O–H groups in total. The number of rotatable bonds is 9. The first-order valence-electron chi connectivity index (χ1n) is 11.0. The summed E-state index contributed by atoms with van der Waals surface area (Å²) in [5.74, 6) is 0.298. The minimum absolute atomic E-state index is 0.200. The lowest BCUT2D eigenvalue weighted by molar-refractivity contribution is -0.119. The van der Waals surface area contributed by atoms with E-state index in [1.165, 1.54) is 19.2 Å². The lowest BCUT2D eigenvalue weighted by Crippen LogP contribution is -2.27. The Morgan fingerprint density at radius 1 is 1.11 bits per heavy atom. The minimum Gasteiger partial charge on any atom is -0.484 e. The van der Waals surface area contributed by atoms with Gasteiger partial charge in [-0.1, -0.05) is 30.0 Å². The van der Waals surface area contributed by atoms with Crippen LogP contribution in [0.1, 0.15) is 5.56 Å². The molecule has 2 heterocycles. The van der Waals surface area contributed by atoms with Gasteiger partial charge >= 0.3 is 6.09 Å². The highest BCUT2D eigenvalue weighted by Crippen LogP contribution is 2.32. The van der Waals surface area contributed by atoms with Crippen molar-refractivity contribution < 1.29 is 33.8 Å². The zero-order valence-electron chi connectivity index (χ0n) is 19.5. The highest BCUT2D eigenvalue weighted by atomic mass is 32.2. The van der Waals surface area contributed by atoms with Crippen LogP contribution in [0.25, 0.3) is 0 Å². The molecule has 11 nitrogen and oxygen atoms in total. The fourth-order valence-corrected chi connectivity index (χ4v) is 4.25. The summed E-state index contributed by atoms with van der Waals surface area (Å²) < 4.78 is 11.2. The lowest BCUT2D eigenvalue weighted by atomic mass is 10.1. The fourth-order valence-electron chi connectivity index (χ4n) is 3.39. The number of amides is 4. The molecule has 1 fully saturated rings. The number of imide groups is 1. The van der Waals surface area contributed by atoms with Crippen molar-refractivity contribution in [3.8, 4) is 17.4 Å². The standard InChI is InChI=1S/C25H22N4O7S/c1-29(25(33)34)19-13-17(36-22-4-2-3-11-26-22)9-10-18(19)27-21(30)14-35-16-7-5-15(6-8-16)12-20-23(31)28-24(32)37-20/h2-11,13,20H,12,14H2,1H3,(H,27,30)(H,33,34)(H,28,31,32). The van der Waals surface area contributed by atoms with Gasteiger partial charge in [0.15, 0.2) is 6.61 Å². The predicted octanol–water partition coefficient (Wildman–Crippen LogP) is 3.90. The third kappa shape index (κ3) is 6.76. The maximum absolute atomic E-state index is 12.5. The van der Waals surface area contributed by atoms with Crippen LogP contribution in [0.5, 0.6) is 17.4 Å². The molecule has 0 aliphatic carbocycles. The molecule has 1 atom stereocenters. The second-order valence-corrected chi connectivity index (χ2v) is 9.03. The van der Waals surface area contributed by atoms with E-state index < -0.39 is 17.3 Å².